The van der Waals surface area contributed by atoms with E-state index in [9.17, 15) is 0 Å². The Balaban J connectivity index is 3.37. The highest BCUT2D eigenvalue weighted by molar-refractivity contribution is 6.74. The van der Waals surface area contributed by atoms with Crippen molar-refractivity contribution in [3.05, 3.63) is 23.9 Å². The van der Waals surface area contributed by atoms with Crippen LogP contribution in [0, 0.1) is 5.41 Å². The van der Waals surface area contributed by atoms with E-state index in [0.717, 1.165) is 6.34 Å². The third-order valence-electron chi connectivity index (χ3n) is 4.44. The standard InChI is InChI=1S/C17H32N8OSi/c1-13(23-24(6)20-5)22-16(14-10-9-11-21-15(14)19)25(12-18)26-27(7,8)17(2,3)4/h9-13,18,23H,5H2,1-4,6-8H3,(H2,19,21)/b18-12?,22-16-/t13-/m0/s1. The number of nitrogens with one attached hydrogen (secondary N) is 2. The molecule has 1 rings (SSSR count). The van der Waals surface area contributed by atoms with E-state index in [0.29, 0.717) is 17.2 Å². The van der Waals surface area contributed by atoms with E-state index in [4.69, 9.17) is 15.7 Å². The first kappa shape index (κ1) is 22.7. The summed E-state index contributed by atoms with van der Waals surface area (Å²) in [5.74, 6) is 0.710. The van der Waals surface area contributed by atoms with Gasteiger partial charge in [-0.15, -0.1) is 0 Å². The quantitative estimate of drug-likeness (QED) is 0.271. The van der Waals surface area contributed by atoms with Gasteiger partial charge in [0, 0.05) is 20.0 Å². The van der Waals surface area contributed by atoms with Crippen molar-refractivity contribution in [3.63, 3.8) is 0 Å². The Morgan fingerprint density at radius 1 is 1.48 bits per heavy atom. The fourth-order valence-corrected chi connectivity index (χ4v) is 2.79. The first-order valence-corrected chi connectivity index (χ1v) is 11.6. The average molecular weight is 393 g/mol. The molecule has 1 aromatic rings. The zero-order chi connectivity index (χ0) is 20.8. The zero-order valence-electron chi connectivity index (χ0n) is 17.3. The highest BCUT2D eigenvalue weighted by atomic mass is 28.4. The van der Waals surface area contributed by atoms with Gasteiger partial charge in [0.1, 0.15) is 18.3 Å². The number of amidine groups is 1. The van der Waals surface area contributed by atoms with Crippen molar-refractivity contribution in [3.8, 4) is 0 Å². The smallest absolute Gasteiger partial charge is 0.229 e. The Hall–Kier alpha value is -2.30. The summed E-state index contributed by atoms with van der Waals surface area (Å²) in [7, 11) is -0.499. The summed E-state index contributed by atoms with van der Waals surface area (Å²) >= 11 is 0. The van der Waals surface area contributed by atoms with Crippen molar-refractivity contribution in [1.29, 1.82) is 5.41 Å². The summed E-state index contributed by atoms with van der Waals surface area (Å²) < 4.78 is 6.29. The summed E-state index contributed by atoms with van der Waals surface area (Å²) in [4.78, 5) is 8.80. The van der Waals surface area contributed by atoms with Crippen molar-refractivity contribution in [2.75, 3.05) is 12.8 Å². The van der Waals surface area contributed by atoms with Crippen LogP contribution in [-0.2, 0) is 4.53 Å². The summed E-state index contributed by atoms with van der Waals surface area (Å²) in [6.07, 6.45) is 2.34. The average Bonchev–Trinajstić information content (AvgIpc) is 2.57. The van der Waals surface area contributed by atoms with Gasteiger partial charge in [-0.1, -0.05) is 20.8 Å². The number of nitrogens with zero attached hydrogens (tertiary/aromatic N) is 5. The summed E-state index contributed by atoms with van der Waals surface area (Å²) in [6, 6.07) is 3.57. The molecule has 0 aliphatic rings. The van der Waals surface area contributed by atoms with Crippen molar-refractivity contribution in [2.24, 2.45) is 10.1 Å². The molecular formula is C17H32N8OSi. The summed E-state index contributed by atoms with van der Waals surface area (Å²) in [5.41, 5.74) is 9.69. The van der Waals surface area contributed by atoms with E-state index in [1.165, 1.54) is 10.2 Å². The number of aliphatic imine (C=N–C) groups is 1. The normalized spacial score (nSPS) is 13.8. The Morgan fingerprint density at radius 2 is 2.11 bits per heavy atom. The molecule has 0 aliphatic heterocycles. The van der Waals surface area contributed by atoms with Gasteiger partial charge in [-0.2, -0.15) is 10.5 Å². The Kier molecular flexibility index (Phi) is 7.63. The van der Waals surface area contributed by atoms with Crippen LogP contribution in [0.25, 0.3) is 0 Å². The molecule has 0 spiro atoms. The molecule has 0 saturated carbocycles. The number of hydroxylamine groups is 2. The molecule has 1 aromatic heterocycles. The number of aromatic nitrogens is 1. The van der Waals surface area contributed by atoms with Crippen LogP contribution in [0.5, 0.6) is 0 Å². The van der Waals surface area contributed by atoms with Crippen LogP contribution in [0.4, 0.5) is 5.82 Å². The predicted octanol–water partition coefficient (Wildman–Crippen LogP) is 2.65. The third kappa shape index (κ3) is 6.12. The lowest BCUT2D eigenvalue weighted by molar-refractivity contribution is 0.0817. The van der Waals surface area contributed by atoms with E-state index < -0.39 is 8.32 Å². The number of anilines is 1. The fraction of sp³-hybridized carbons (Fsp3) is 0.529. The van der Waals surface area contributed by atoms with Gasteiger partial charge in [0.05, 0.1) is 5.56 Å². The van der Waals surface area contributed by atoms with Gasteiger partial charge in [0.2, 0.25) is 8.32 Å². The topological polar surface area (TPSA) is 115 Å². The van der Waals surface area contributed by atoms with Gasteiger partial charge in [-0.3, -0.25) is 5.41 Å². The Morgan fingerprint density at radius 3 is 2.59 bits per heavy atom. The maximum absolute atomic E-state index is 7.91. The molecule has 0 unspecified atom stereocenters. The molecule has 9 nitrogen and oxygen atoms in total. The second-order valence-electron chi connectivity index (χ2n) is 7.67. The first-order chi connectivity index (χ1) is 12.4. The number of hydrazone groups is 1. The molecule has 1 heterocycles. The number of hydrogen-bond donors (Lipinski definition) is 3. The highest BCUT2D eigenvalue weighted by Gasteiger charge is 2.40. The molecular weight excluding hydrogens is 360 g/mol. The van der Waals surface area contributed by atoms with Crippen LogP contribution < -0.4 is 11.2 Å². The zero-order valence-corrected chi connectivity index (χ0v) is 18.3. The Bertz CT molecular complexity index is 686. The van der Waals surface area contributed by atoms with Crippen LogP contribution in [0.15, 0.2) is 28.4 Å². The maximum atomic E-state index is 7.91. The Labute approximate surface area is 162 Å². The van der Waals surface area contributed by atoms with Gasteiger partial charge in [-0.05, 0) is 37.2 Å². The number of rotatable bonds is 8. The minimum Gasteiger partial charge on any atom is -0.383 e. The van der Waals surface area contributed by atoms with Crippen molar-refractivity contribution in [2.45, 2.75) is 52.0 Å². The largest absolute Gasteiger partial charge is 0.383 e. The third-order valence-corrected chi connectivity index (χ3v) is 8.71. The molecule has 150 valence electrons. The highest BCUT2D eigenvalue weighted by Crippen LogP contribution is 2.37. The minimum atomic E-state index is -2.22. The number of pyridine rings is 1. The number of nitrogen functional groups attached to an aromatic ring is 1. The van der Waals surface area contributed by atoms with Crippen LogP contribution in [0.3, 0.4) is 0 Å². The molecule has 0 aliphatic carbocycles. The van der Waals surface area contributed by atoms with Gasteiger partial charge < -0.3 is 10.3 Å². The van der Waals surface area contributed by atoms with E-state index in [1.54, 1.807) is 25.4 Å². The SMILES string of the molecule is C=NN(C)N[C@@H](C)/N=C(/c1cccnc1N)N(C=N)O[Si](C)(C)C(C)(C)C. The predicted molar refractivity (Wildman–Crippen MR) is 114 cm³/mol. The molecule has 27 heavy (non-hydrogen) atoms. The van der Waals surface area contributed by atoms with E-state index >= 15 is 0 Å². The van der Waals surface area contributed by atoms with Gasteiger partial charge in [-0.25, -0.2) is 20.2 Å². The van der Waals surface area contributed by atoms with E-state index in [1.807, 2.05) is 6.92 Å². The lowest BCUT2D eigenvalue weighted by Gasteiger charge is -2.39. The lowest BCUT2D eigenvalue weighted by atomic mass is 10.2. The molecule has 0 fully saturated rings. The van der Waals surface area contributed by atoms with Crippen LogP contribution >= 0.6 is 0 Å². The van der Waals surface area contributed by atoms with Crippen molar-refractivity contribution in [1.82, 2.24) is 20.6 Å². The van der Waals surface area contributed by atoms with Crippen molar-refractivity contribution >= 4 is 33.0 Å². The summed E-state index contributed by atoms with van der Waals surface area (Å²) in [5, 5.41) is 14.5. The van der Waals surface area contributed by atoms with E-state index in [2.05, 4.69) is 61.1 Å². The molecule has 4 N–H and O–H groups in total. The number of hydrogen-bond acceptors (Lipinski definition) is 8. The molecule has 10 heteroatoms. The van der Waals surface area contributed by atoms with E-state index in [-0.39, 0.29) is 11.2 Å². The lowest BCUT2D eigenvalue weighted by Crippen LogP contribution is -2.49. The number of nitrogens with two attached hydrogens (primary N) is 1. The van der Waals surface area contributed by atoms with Gasteiger partial charge in [0.15, 0.2) is 5.84 Å². The molecule has 0 saturated heterocycles. The van der Waals surface area contributed by atoms with Gasteiger partial charge in [0.25, 0.3) is 0 Å². The summed E-state index contributed by atoms with van der Waals surface area (Å²) in [6.45, 7) is 15.9. The number of hydrazine groups is 1. The minimum absolute atomic E-state index is 0.0449. The molecule has 0 bridgehead atoms. The molecule has 0 radical (unpaired) electrons. The van der Waals surface area contributed by atoms with Gasteiger partial charge >= 0.3 is 0 Å². The molecule has 0 aromatic carbocycles. The van der Waals surface area contributed by atoms with Crippen LogP contribution in [-0.4, -0.2) is 55.6 Å². The molecule has 1 atom stereocenters. The molecule has 0 amide bonds. The first-order valence-electron chi connectivity index (χ1n) is 8.67. The van der Waals surface area contributed by atoms with Crippen LogP contribution in [0.1, 0.15) is 33.3 Å². The fourth-order valence-electron chi connectivity index (χ4n) is 1.89. The van der Waals surface area contributed by atoms with Crippen molar-refractivity contribution < 1.29 is 4.53 Å². The maximum Gasteiger partial charge on any atom is 0.229 e. The monoisotopic (exact) mass is 392 g/mol. The second kappa shape index (κ2) is 9.06. The van der Waals surface area contributed by atoms with Crippen LogP contribution in [0.2, 0.25) is 18.1 Å². The second-order valence-corrected chi connectivity index (χ2v) is 12.4.